The summed E-state index contributed by atoms with van der Waals surface area (Å²) in [7, 11) is 0. The van der Waals surface area contributed by atoms with Gasteiger partial charge in [-0.2, -0.15) is 0 Å². The fourth-order valence-electron chi connectivity index (χ4n) is 0. The van der Waals surface area contributed by atoms with E-state index >= 15 is 0 Å². The van der Waals surface area contributed by atoms with E-state index in [2.05, 4.69) is 0 Å². The zero-order chi connectivity index (χ0) is 5.58. The van der Waals surface area contributed by atoms with Crippen LogP contribution in [-0.4, -0.2) is 20.1 Å². The van der Waals surface area contributed by atoms with Gasteiger partial charge in [-0.25, -0.2) is 0 Å². The third-order valence-corrected chi connectivity index (χ3v) is 0. The van der Waals surface area contributed by atoms with E-state index in [-0.39, 0.29) is 29.6 Å². The predicted octanol–water partition coefficient (Wildman–Crippen LogP) is -4.18. The van der Waals surface area contributed by atoms with E-state index in [1.54, 1.807) is 0 Å². The normalized spacial score (nSPS) is 5.57. The largest absolute Gasteiger partial charge is 1.00 e. The molecule has 0 aromatic rings. The quantitative estimate of drug-likeness (QED) is 0.248. The van der Waals surface area contributed by atoms with E-state index in [4.69, 9.17) is 18.1 Å². The SMILES string of the molecule is C=O.O=S([O-])[O-].[Na+]. The van der Waals surface area contributed by atoms with Gasteiger partial charge in [-0.15, -0.1) is 11.4 Å². The molecule has 38 valence electrons. The molecule has 7 heavy (non-hydrogen) atoms. The molecule has 0 aliphatic carbocycles. The molecule has 0 unspecified atom stereocenters. The van der Waals surface area contributed by atoms with Gasteiger partial charge in [-0.3, -0.25) is 4.21 Å². The van der Waals surface area contributed by atoms with Crippen LogP contribution in [-0.2, 0) is 16.2 Å². The summed E-state index contributed by atoms with van der Waals surface area (Å²) in [5.41, 5.74) is 0. The third-order valence-electron chi connectivity index (χ3n) is 0. The summed E-state index contributed by atoms with van der Waals surface area (Å²) in [5.74, 6) is 0. The zero-order valence-electron chi connectivity index (χ0n) is 3.75. The maximum Gasteiger partial charge on any atom is 1.00 e. The van der Waals surface area contributed by atoms with Crippen molar-refractivity contribution in [1.82, 2.24) is 0 Å². The second-order valence-electron chi connectivity index (χ2n) is 0.204. The monoisotopic (exact) mass is 133 g/mol. The van der Waals surface area contributed by atoms with Crippen molar-refractivity contribution in [2.75, 3.05) is 0 Å². The molecule has 0 N–H and O–H groups in total. The average Bonchev–Trinajstić information content (AvgIpc) is 1.41. The molecule has 0 radical (unpaired) electrons. The minimum Gasteiger partial charge on any atom is -0.784 e. The van der Waals surface area contributed by atoms with Crippen LogP contribution in [0.15, 0.2) is 0 Å². The number of carbonyl (C=O) groups excluding carboxylic acids is 1. The Labute approximate surface area is 65.7 Å². The maximum atomic E-state index is 8.44. The summed E-state index contributed by atoms with van der Waals surface area (Å²) in [6.07, 6.45) is 0. The molecule has 6 heteroatoms. The maximum absolute atomic E-state index is 8.44. The Morgan fingerprint density at radius 2 is 1.29 bits per heavy atom. The van der Waals surface area contributed by atoms with Gasteiger partial charge in [0.25, 0.3) is 0 Å². The van der Waals surface area contributed by atoms with Gasteiger partial charge in [-0.1, -0.05) is 0 Å². The number of carbonyl (C=O) groups is 1. The van der Waals surface area contributed by atoms with Gasteiger partial charge in [0.2, 0.25) is 0 Å². The Kier molecular flexibility index (Phi) is 35.5. The topological polar surface area (TPSA) is 80.3 Å². The van der Waals surface area contributed by atoms with Gasteiger partial charge in [-0.05, 0) is 0 Å². The molecule has 0 aromatic heterocycles. The molecule has 0 bridgehead atoms. The second-order valence-corrected chi connectivity index (χ2v) is 0.612. The fraction of sp³-hybridized carbons (Fsp3) is 0. The van der Waals surface area contributed by atoms with Crippen LogP contribution < -0.4 is 29.6 Å². The smallest absolute Gasteiger partial charge is 0.784 e. The molecular formula is CH2NaO4S-. The Morgan fingerprint density at radius 3 is 1.29 bits per heavy atom. The standard InChI is InChI=1S/CH2O.Na.H2O3S/c1-2;;1-4(2)3/h1H2;;(H2,1,2,3)/q;+1;/p-2. The van der Waals surface area contributed by atoms with Crippen molar-refractivity contribution in [2.45, 2.75) is 0 Å². The van der Waals surface area contributed by atoms with Gasteiger partial charge < -0.3 is 13.9 Å². The summed E-state index contributed by atoms with van der Waals surface area (Å²) >= 11 is -3.11. The van der Waals surface area contributed by atoms with Crippen LogP contribution in [0.25, 0.3) is 0 Å². The predicted molar refractivity (Wildman–Crippen MR) is 16.8 cm³/mol. The van der Waals surface area contributed by atoms with E-state index in [9.17, 15) is 0 Å². The molecule has 0 amide bonds. The van der Waals surface area contributed by atoms with Gasteiger partial charge in [0, 0.05) is 0 Å². The van der Waals surface area contributed by atoms with Crippen molar-refractivity contribution >= 4 is 18.2 Å². The van der Waals surface area contributed by atoms with Crippen molar-refractivity contribution < 1.29 is 47.7 Å². The van der Waals surface area contributed by atoms with E-state index < -0.39 is 11.4 Å². The van der Waals surface area contributed by atoms with Crippen molar-refractivity contribution in [3.63, 3.8) is 0 Å². The summed E-state index contributed by atoms with van der Waals surface area (Å²) in [6, 6.07) is 0. The van der Waals surface area contributed by atoms with Gasteiger partial charge >= 0.3 is 29.6 Å². The van der Waals surface area contributed by atoms with Crippen molar-refractivity contribution in [1.29, 1.82) is 0 Å². The molecule has 4 nitrogen and oxygen atoms in total. The van der Waals surface area contributed by atoms with E-state index in [0.29, 0.717) is 0 Å². The molecule has 0 rings (SSSR count). The molecule has 0 saturated carbocycles. The minimum absolute atomic E-state index is 0. The third kappa shape index (κ3) is 277. The molecule has 0 aliphatic rings. The van der Waals surface area contributed by atoms with Gasteiger partial charge in [0.05, 0.1) is 0 Å². The van der Waals surface area contributed by atoms with Crippen molar-refractivity contribution in [3.8, 4) is 0 Å². The van der Waals surface area contributed by atoms with Crippen LogP contribution in [0.1, 0.15) is 0 Å². The Hall–Kier alpha value is 0.740. The Balaban J connectivity index is -0.0000000480. The van der Waals surface area contributed by atoms with Crippen LogP contribution in [0.5, 0.6) is 0 Å². The molecule has 0 spiro atoms. The van der Waals surface area contributed by atoms with Crippen molar-refractivity contribution in [2.24, 2.45) is 0 Å². The molecular weight excluding hydrogens is 131 g/mol. The Morgan fingerprint density at radius 1 is 1.29 bits per heavy atom. The van der Waals surface area contributed by atoms with Crippen LogP contribution >= 0.6 is 0 Å². The molecule has 0 atom stereocenters. The first kappa shape index (κ1) is 15.6. The van der Waals surface area contributed by atoms with Crippen LogP contribution in [0.2, 0.25) is 0 Å². The number of hydrogen-bond acceptors (Lipinski definition) is 4. The Bertz CT molecular complexity index is 43.0. The fourth-order valence-corrected chi connectivity index (χ4v) is 0. The zero-order valence-corrected chi connectivity index (χ0v) is 6.56. The minimum atomic E-state index is -3.11. The van der Waals surface area contributed by atoms with E-state index in [1.807, 2.05) is 6.79 Å². The molecule has 0 aliphatic heterocycles. The van der Waals surface area contributed by atoms with E-state index in [0.717, 1.165) is 0 Å². The average molecular weight is 133 g/mol. The van der Waals surface area contributed by atoms with Crippen molar-refractivity contribution in [3.05, 3.63) is 0 Å². The van der Waals surface area contributed by atoms with Gasteiger partial charge in [0.15, 0.2) is 0 Å². The molecule has 0 heterocycles. The first-order chi connectivity index (χ1) is 2.73. The summed E-state index contributed by atoms with van der Waals surface area (Å²) in [5, 5.41) is 0. The van der Waals surface area contributed by atoms with Gasteiger partial charge in [0.1, 0.15) is 6.79 Å². The first-order valence-corrected chi connectivity index (χ1v) is 1.79. The van der Waals surface area contributed by atoms with Crippen LogP contribution in [0.3, 0.4) is 0 Å². The summed E-state index contributed by atoms with van der Waals surface area (Å²) in [4.78, 5) is 8.00. The second kappa shape index (κ2) is 15.9. The van der Waals surface area contributed by atoms with E-state index in [1.165, 1.54) is 0 Å². The van der Waals surface area contributed by atoms with Crippen LogP contribution in [0.4, 0.5) is 0 Å². The van der Waals surface area contributed by atoms with Crippen LogP contribution in [0, 0.1) is 0 Å². The first-order valence-electron chi connectivity index (χ1n) is 0.789. The summed E-state index contributed by atoms with van der Waals surface area (Å²) < 4.78 is 25.3. The molecule has 0 fully saturated rings. The number of hydrogen-bond donors (Lipinski definition) is 0. The summed E-state index contributed by atoms with van der Waals surface area (Å²) in [6.45, 7) is 2.00. The number of rotatable bonds is 0. The molecule has 0 saturated heterocycles. The molecule has 0 aromatic carbocycles.